The largest absolute Gasteiger partial charge is 0.497 e. The zero-order valence-electron chi connectivity index (χ0n) is 13.7. The molecule has 1 aliphatic rings. The average Bonchev–Trinajstić information content (AvgIpc) is 2.61. The van der Waals surface area contributed by atoms with Gasteiger partial charge in [-0.1, -0.05) is 24.3 Å². The molecule has 2 N–H and O–H groups in total. The fourth-order valence-corrected chi connectivity index (χ4v) is 3.06. The standard InChI is InChI=1S/C19H23NO3/c1-21-16-9-14(10-17(11-16)22-2)12-20-13-19-18-6-4-3-5-15(18)7-8-23-19/h3-6,9-11,19-20H,7-8,12-13H2,1-2H3/p+1. The van der Waals surface area contributed by atoms with Gasteiger partial charge < -0.3 is 19.5 Å². The first-order chi connectivity index (χ1) is 11.3. The molecule has 1 atom stereocenters. The number of quaternary nitrogens is 1. The molecule has 2 aromatic rings. The highest BCUT2D eigenvalue weighted by molar-refractivity contribution is 5.38. The van der Waals surface area contributed by atoms with Crippen molar-refractivity contribution in [3.8, 4) is 11.5 Å². The van der Waals surface area contributed by atoms with Gasteiger partial charge in [0.15, 0.2) is 0 Å². The lowest BCUT2D eigenvalue weighted by Gasteiger charge is -2.24. The first-order valence-corrected chi connectivity index (χ1v) is 8.03. The van der Waals surface area contributed by atoms with Crippen LogP contribution in [-0.2, 0) is 17.7 Å². The van der Waals surface area contributed by atoms with Crippen molar-refractivity contribution in [1.29, 1.82) is 0 Å². The van der Waals surface area contributed by atoms with Crippen LogP contribution in [0.1, 0.15) is 22.8 Å². The van der Waals surface area contributed by atoms with Gasteiger partial charge in [0, 0.05) is 11.6 Å². The summed E-state index contributed by atoms with van der Waals surface area (Å²) < 4.78 is 16.6. The summed E-state index contributed by atoms with van der Waals surface area (Å²) in [7, 11) is 3.35. The van der Waals surface area contributed by atoms with E-state index in [1.807, 2.05) is 6.07 Å². The van der Waals surface area contributed by atoms with Gasteiger partial charge in [-0.3, -0.25) is 0 Å². The zero-order valence-corrected chi connectivity index (χ0v) is 13.7. The summed E-state index contributed by atoms with van der Waals surface area (Å²) in [6, 6.07) is 14.6. The van der Waals surface area contributed by atoms with Gasteiger partial charge >= 0.3 is 0 Å². The quantitative estimate of drug-likeness (QED) is 0.888. The zero-order chi connectivity index (χ0) is 16.1. The van der Waals surface area contributed by atoms with Crippen LogP contribution in [0.3, 0.4) is 0 Å². The third-order valence-corrected chi connectivity index (χ3v) is 4.26. The van der Waals surface area contributed by atoms with Crippen molar-refractivity contribution in [3.63, 3.8) is 0 Å². The lowest BCUT2D eigenvalue weighted by molar-refractivity contribution is -0.678. The fourth-order valence-electron chi connectivity index (χ4n) is 3.06. The summed E-state index contributed by atoms with van der Waals surface area (Å²) >= 11 is 0. The molecule has 3 rings (SSSR count). The maximum Gasteiger partial charge on any atom is 0.131 e. The number of fused-ring (bicyclic) bond motifs is 1. The topological polar surface area (TPSA) is 44.3 Å². The normalized spacial score (nSPS) is 16.7. The van der Waals surface area contributed by atoms with Crippen LogP contribution in [-0.4, -0.2) is 27.4 Å². The molecule has 0 bridgehead atoms. The SMILES string of the molecule is COc1cc(C[NH2+]CC2OCCc3ccccc32)cc(OC)c1. The number of methoxy groups -OCH3 is 2. The predicted molar refractivity (Wildman–Crippen MR) is 88.9 cm³/mol. The monoisotopic (exact) mass is 314 g/mol. The molecule has 0 saturated heterocycles. The Morgan fingerprint density at radius 1 is 1.09 bits per heavy atom. The van der Waals surface area contributed by atoms with Crippen molar-refractivity contribution in [3.05, 3.63) is 59.2 Å². The number of ether oxygens (including phenoxy) is 3. The summed E-state index contributed by atoms with van der Waals surface area (Å²) in [5, 5.41) is 2.28. The molecule has 122 valence electrons. The van der Waals surface area contributed by atoms with Gasteiger partial charge in [0.25, 0.3) is 0 Å². The second-order valence-electron chi connectivity index (χ2n) is 5.76. The molecule has 0 aliphatic carbocycles. The van der Waals surface area contributed by atoms with Gasteiger partial charge in [-0.25, -0.2) is 0 Å². The maximum atomic E-state index is 5.95. The number of benzene rings is 2. The van der Waals surface area contributed by atoms with E-state index in [2.05, 4.69) is 41.7 Å². The summed E-state index contributed by atoms with van der Waals surface area (Å²) in [5.41, 5.74) is 3.93. The molecule has 0 aromatic heterocycles. The minimum Gasteiger partial charge on any atom is -0.497 e. The second-order valence-corrected chi connectivity index (χ2v) is 5.76. The van der Waals surface area contributed by atoms with E-state index in [9.17, 15) is 0 Å². The summed E-state index contributed by atoms with van der Waals surface area (Å²) in [4.78, 5) is 0. The van der Waals surface area contributed by atoms with E-state index < -0.39 is 0 Å². The van der Waals surface area contributed by atoms with Gasteiger partial charge in [0.2, 0.25) is 0 Å². The Balaban J connectivity index is 1.62. The second kappa shape index (κ2) is 7.49. The number of hydrogen-bond acceptors (Lipinski definition) is 3. The van der Waals surface area contributed by atoms with E-state index in [4.69, 9.17) is 14.2 Å². The van der Waals surface area contributed by atoms with Gasteiger partial charge in [0.1, 0.15) is 30.7 Å². The van der Waals surface area contributed by atoms with Crippen molar-refractivity contribution in [2.24, 2.45) is 0 Å². The Bertz CT molecular complexity index is 635. The van der Waals surface area contributed by atoms with Gasteiger partial charge in [-0.15, -0.1) is 0 Å². The summed E-state index contributed by atoms with van der Waals surface area (Å²) in [6.07, 6.45) is 1.19. The summed E-state index contributed by atoms with van der Waals surface area (Å²) in [6.45, 7) is 2.59. The molecule has 4 heteroatoms. The van der Waals surface area contributed by atoms with Crippen molar-refractivity contribution in [2.45, 2.75) is 19.1 Å². The van der Waals surface area contributed by atoms with Crippen LogP contribution in [0.15, 0.2) is 42.5 Å². The van der Waals surface area contributed by atoms with E-state index in [1.165, 1.54) is 16.7 Å². The molecule has 0 fully saturated rings. The molecule has 1 unspecified atom stereocenters. The van der Waals surface area contributed by atoms with Crippen LogP contribution in [0, 0.1) is 0 Å². The molecule has 1 heterocycles. The highest BCUT2D eigenvalue weighted by Gasteiger charge is 2.21. The molecule has 23 heavy (non-hydrogen) atoms. The molecule has 2 aromatic carbocycles. The third kappa shape index (κ3) is 3.84. The number of nitrogens with two attached hydrogens (primary N) is 1. The Morgan fingerprint density at radius 2 is 1.83 bits per heavy atom. The van der Waals surface area contributed by atoms with Crippen molar-refractivity contribution in [1.82, 2.24) is 0 Å². The Hall–Kier alpha value is -2.04. The van der Waals surface area contributed by atoms with E-state index in [1.54, 1.807) is 14.2 Å². The fraction of sp³-hybridized carbons (Fsp3) is 0.368. The smallest absolute Gasteiger partial charge is 0.131 e. The Morgan fingerprint density at radius 3 is 2.57 bits per heavy atom. The molecular weight excluding hydrogens is 290 g/mol. The molecule has 1 aliphatic heterocycles. The van der Waals surface area contributed by atoms with Crippen LogP contribution < -0.4 is 14.8 Å². The van der Waals surface area contributed by atoms with E-state index in [0.717, 1.165) is 37.6 Å². The first kappa shape index (κ1) is 15.8. The Kier molecular flexibility index (Phi) is 5.16. The van der Waals surface area contributed by atoms with Crippen LogP contribution in [0.4, 0.5) is 0 Å². The van der Waals surface area contributed by atoms with E-state index >= 15 is 0 Å². The maximum absolute atomic E-state index is 5.95. The Labute approximate surface area is 137 Å². The average molecular weight is 314 g/mol. The lowest BCUT2D eigenvalue weighted by atomic mass is 9.97. The minimum atomic E-state index is 0.174. The lowest BCUT2D eigenvalue weighted by Crippen LogP contribution is -2.83. The van der Waals surface area contributed by atoms with E-state index in [0.29, 0.717) is 0 Å². The predicted octanol–water partition coefficient (Wildman–Crippen LogP) is 2.08. The van der Waals surface area contributed by atoms with Gasteiger partial charge in [0.05, 0.1) is 20.8 Å². The molecule has 4 nitrogen and oxygen atoms in total. The molecular formula is C19H24NO3+. The van der Waals surface area contributed by atoms with Crippen molar-refractivity contribution in [2.75, 3.05) is 27.4 Å². The minimum absolute atomic E-state index is 0.174. The van der Waals surface area contributed by atoms with Crippen LogP contribution in [0.5, 0.6) is 11.5 Å². The summed E-state index contributed by atoms with van der Waals surface area (Å²) in [5.74, 6) is 1.65. The van der Waals surface area contributed by atoms with Crippen molar-refractivity contribution >= 4 is 0 Å². The van der Waals surface area contributed by atoms with Crippen LogP contribution >= 0.6 is 0 Å². The van der Waals surface area contributed by atoms with Gasteiger partial charge in [-0.05, 0) is 29.7 Å². The molecule has 0 amide bonds. The number of rotatable bonds is 6. The van der Waals surface area contributed by atoms with Crippen LogP contribution in [0.2, 0.25) is 0 Å². The van der Waals surface area contributed by atoms with E-state index in [-0.39, 0.29) is 6.10 Å². The highest BCUT2D eigenvalue weighted by Crippen LogP contribution is 2.25. The molecule has 0 radical (unpaired) electrons. The van der Waals surface area contributed by atoms with Crippen molar-refractivity contribution < 1.29 is 19.5 Å². The third-order valence-electron chi connectivity index (χ3n) is 4.26. The van der Waals surface area contributed by atoms with Crippen LogP contribution in [0.25, 0.3) is 0 Å². The first-order valence-electron chi connectivity index (χ1n) is 8.03. The van der Waals surface area contributed by atoms with Gasteiger partial charge in [-0.2, -0.15) is 0 Å². The highest BCUT2D eigenvalue weighted by atomic mass is 16.5. The molecule has 0 spiro atoms. The number of hydrogen-bond donors (Lipinski definition) is 1. The molecule has 0 saturated carbocycles.